The second kappa shape index (κ2) is 6.90. The molecule has 0 aromatic carbocycles. The second-order valence-corrected chi connectivity index (χ2v) is 4.95. The molecule has 1 aromatic heterocycles. The van der Waals surface area contributed by atoms with Gasteiger partial charge in [0.2, 0.25) is 5.16 Å². The highest BCUT2D eigenvalue weighted by Crippen LogP contribution is 2.22. The molecule has 0 saturated carbocycles. The van der Waals surface area contributed by atoms with E-state index in [1.54, 1.807) is 25.8 Å². The lowest BCUT2D eigenvalue weighted by Crippen LogP contribution is -2.23. The number of aromatic nitrogens is 4. The van der Waals surface area contributed by atoms with Crippen LogP contribution >= 0.6 is 11.8 Å². The Kier molecular flexibility index (Phi) is 5.83. The number of aliphatic hydroxyl groups excluding tert-OH is 1. The molecular weight excluding hydrogens is 244 g/mol. The smallest absolute Gasteiger partial charge is 0.209 e. The molecule has 1 aromatic rings. The van der Waals surface area contributed by atoms with Crippen LogP contribution in [0.5, 0.6) is 0 Å². The van der Waals surface area contributed by atoms with Crippen LogP contribution in [-0.4, -0.2) is 57.2 Å². The van der Waals surface area contributed by atoms with E-state index in [9.17, 15) is 5.11 Å². The molecule has 0 saturated heterocycles. The zero-order valence-electron chi connectivity index (χ0n) is 10.4. The van der Waals surface area contributed by atoms with Crippen LogP contribution in [-0.2, 0) is 16.0 Å². The van der Waals surface area contributed by atoms with Gasteiger partial charge < -0.3 is 14.6 Å². The summed E-state index contributed by atoms with van der Waals surface area (Å²) >= 11 is 1.41. The molecule has 0 aliphatic heterocycles. The minimum absolute atomic E-state index is 0.0169. The Hall–Kier alpha value is -0.700. The molecule has 7 nitrogen and oxygen atoms in total. The number of hydrogen-bond donors (Lipinski definition) is 1. The van der Waals surface area contributed by atoms with Gasteiger partial charge in [-0.25, -0.2) is 4.68 Å². The zero-order chi connectivity index (χ0) is 12.8. The first kappa shape index (κ1) is 14.4. The summed E-state index contributed by atoms with van der Waals surface area (Å²) in [7, 11) is 3.12. The fourth-order valence-corrected chi connectivity index (χ4v) is 1.89. The molecule has 0 radical (unpaired) electrons. The van der Waals surface area contributed by atoms with E-state index in [0.717, 1.165) is 0 Å². The van der Waals surface area contributed by atoms with Gasteiger partial charge in [-0.2, -0.15) is 0 Å². The van der Waals surface area contributed by atoms with Crippen LogP contribution in [0.15, 0.2) is 5.16 Å². The first-order chi connectivity index (χ1) is 8.08. The van der Waals surface area contributed by atoms with E-state index in [4.69, 9.17) is 9.47 Å². The number of thioether (sulfide) groups is 1. The first-order valence-corrected chi connectivity index (χ1v) is 6.13. The van der Waals surface area contributed by atoms with Crippen molar-refractivity contribution >= 4 is 11.8 Å². The summed E-state index contributed by atoms with van der Waals surface area (Å²) in [6, 6.07) is 0. The van der Waals surface area contributed by atoms with E-state index in [2.05, 4.69) is 15.5 Å². The molecule has 1 N–H and O–H groups in total. The third kappa shape index (κ3) is 4.23. The average Bonchev–Trinajstić information content (AvgIpc) is 2.73. The highest BCUT2D eigenvalue weighted by atomic mass is 32.2. The number of hydrogen-bond acceptors (Lipinski definition) is 7. The Morgan fingerprint density at radius 3 is 2.53 bits per heavy atom. The summed E-state index contributed by atoms with van der Waals surface area (Å²) in [6.45, 7) is 4.06. The van der Waals surface area contributed by atoms with Crippen molar-refractivity contribution in [2.75, 3.05) is 14.2 Å². The minimum atomic E-state index is -0.425. The molecule has 0 amide bonds. The van der Waals surface area contributed by atoms with Gasteiger partial charge in [0.05, 0.1) is 12.6 Å². The summed E-state index contributed by atoms with van der Waals surface area (Å²) in [5.41, 5.74) is 0. The first-order valence-electron chi connectivity index (χ1n) is 5.25. The SMILES string of the molecule is COC(Cn1nnnc1SC(C)C(C)O)OC. The number of ether oxygens (including phenoxy) is 2. The van der Waals surface area contributed by atoms with E-state index in [1.807, 2.05) is 6.92 Å². The molecule has 0 bridgehead atoms. The topological polar surface area (TPSA) is 82.3 Å². The predicted octanol–water partition coefficient (Wildman–Crippen LogP) is 0.153. The van der Waals surface area contributed by atoms with Crippen molar-refractivity contribution in [3.63, 3.8) is 0 Å². The van der Waals surface area contributed by atoms with E-state index in [1.165, 1.54) is 11.8 Å². The van der Waals surface area contributed by atoms with Gasteiger partial charge in [-0.15, -0.1) is 5.10 Å². The largest absolute Gasteiger partial charge is 0.392 e. The molecule has 2 unspecified atom stereocenters. The summed E-state index contributed by atoms with van der Waals surface area (Å²) in [5.74, 6) is 0. The fourth-order valence-electron chi connectivity index (χ4n) is 1.05. The summed E-state index contributed by atoms with van der Waals surface area (Å²) in [4.78, 5) is 0. The second-order valence-electron chi connectivity index (χ2n) is 3.61. The van der Waals surface area contributed by atoms with Crippen LogP contribution in [0.25, 0.3) is 0 Å². The van der Waals surface area contributed by atoms with Gasteiger partial charge in [0.1, 0.15) is 0 Å². The van der Waals surface area contributed by atoms with Gasteiger partial charge in [0, 0.05) is 19.5 Å². The van der Waals surface area contributed by atoms with E-state index in [0.29, 0.717) is 11.7 Å². The van der Waals surface area contributed by atoms with Gasteiger partial charge in [-0.05, 0) is 17.4 Å². The molecule has 0 aliphatic carbocycles. The van der Waals surface area contributed by atoms with E-state index in [-0.39, 0.29) is 11.5 Å². The molecule has 17 heavy (non-hydrogen) atoms. The predicted molar refractivity (Wildman–Crippen MR) is 62.6 cm³/mol. The maximum absolute atomic E-state index is 9.44. The number of tetrazole rings is 1. The van der Waals surface area contributed by atoms with Crippen molar-refractivity contribution in [1.82, 2.24) is 20.2 Å². The van der Waals surface area contributed by atoms with Crippen molar-refractivity contribution in [3.05, 3.63) is 0 Å². The van der Waals surface area contributed by atoms with Gasteiger partial charge in [-0.3, -0.25) is 0 Å². The molecule has 1 rings (SSSR count). The Morgan fingerprint density at radius 1 is 1.35 bits per heavy atom. The summed E-state index contributed by atoms with van der Waals surface area (Å²) in [5, 5.41) is 21.5. The number of rotatable bonds is 7. The van der Waals surface area contributed by atoms with E-state index >= 15 is 0 Å². The molecule has 0 fully saturated rings. The van der Waals surface area contributed by atoms with Crippen molar-refractivity contribution < 1.29 is 14.6 Å². The average molecular weight is 262 g/mol. The highest BCUT2D eigenvalue weighted by molar-refractivity contribution is 7.99. The Morgan fingerprint density at radius 2 is 2.00 bits per heavy atom. The van der Waals surface area contributed by atoms with Gasteiger partial charge in [0.25, 0.3) is 0 Å². The van der Waals surface area contributed by atoms with Crippen LogP contribution in [0.2, 0.25) is 0 Å². The maximum atomic E-state index is 9.44. The molecule has 2 atom stereocenters. The lowest BCUT2D eigenvalue weighted by molar-refractivity contribution is -0.113. The Labute approximate surface area is 104 Å². The number of methoxy groups -OCH3 is 2. The van der Waals surface area contributed by atoms with Crippen LogP contribution < -0.4 is 0 Å². The van der Waals surface area contributed by atoms with Crippen LogP contribution in [0.4, 0.5) is 0 Å². The minimum Gasteiger partial charge on any atom is -0.392 e. The van der Waals surface area contributed by atoms with Crippen molar-refractivity contribution in [3.8, 4) is 0 Å². The lowest BCUT2D eigenvalue weighted by Gasteiger charge is -2.16. The van der Waals surface area contributed by atoms with E-state index < -0.39 is 6.10 Å². The van der Waals surface area contributed by atoms with Gasteiger partial charge in [0.15, 0.2) is 6.29 Å². The molecule has 1 heterocycles. The van der Waals surface area contributed by atoms with Crippen molar-refractivity contribution in [2.24, 2.45) is 0 Å². The van der Waals surface area contributed by atoms with Crippen LogP contribution in [0.3, 0.4) is 0 Å². The number of nitrogens with zero attached hydrogens (tertiary/aromatic N) is 4. The summed E-state index contributed by atoms with van der Waals surface area (Å²) in [6.07, 6.45) is -0.814. The zero-order valence-corrected chi connectivity index (χ0v) is 11.2. The third-order valence-electron chi connectivity index (χ3n) is 2.32. The van der Waals surface area contributed by atoms with Crippen LogP contribution in [0.1, 0.15) is 13.8 Å². The summed E-state index contributed by atoms with van der Waals surface area (Å²) < 4.78 is 11.8. The van der Waals surface area contributed by atoms with Crippen molar-refractivity contribution in [1.29, 1.82) is 0 Å². The molecule has 8 heteroatoms. The standard InChI is InChI=1S/C9H18N4O3S/c1-6(14)7(2)17-9-10-11-12-13(9)5-8(15-3)16-4/h6-8,14H,5H2,1-4H3. The van der Waals surface area contributed by atoms with Crippen LogP contribution in [0, 0.1) is 0 Å². The monoisotopic (exact) mass is 262 g/mol. The quantitative estimate of drug-likeness (QED) is 0.553. The van der Waals surface area contributed by atoms with Gasteiger partial charge >= 0.3 is 0 Å². The molecule has 0 aliphatic rings. The Bertz CT molecular complexity index is 311. The van der Waals surface area contributed by atoms with Gasteiger partial charge in [-0.1, -0.05) is 18.7 Å². The number of aliphatic hydroxyl groups is 1. The molecular formula is C9H18N4O3S. The molecule has 0 spiro atoms. The third-order valence-corrected chi connectivity index (χ3v) is 3.59. The van der Waals surface area contributed by atoms with Crippen molar-refractivity contribution in [2.45, 2.75) is 43.2 Å². The fraction of sp³-hybridized carbons (Fsp3) is 0.889. The highest BCUT2D eigenvalue weighted by Gasteiger charge is 2.17. The molecule has 98 valence electrons. The maximum Gasteiger partial charge on any atom is 0.209 e. The Balaban J connectivity index is 2.65. The lowest BCUT2D eigenvalue weighted by atomic mass is 10.3. The normalized spacial score (nSPS) is 15.2.